The van der Waals surface area contributed by atoms with Crippen LogP contribution in [0.3, 0.4) is 0 Å². The molecule has 3 heteroatoms. The lowest BCUT2D eigenvalue weighted by molar-refractivity contribution is 0.303. The van der Waals surface area contributed by atoms with E-state index in [0.29, 0.717) is 5.92 Å². The predicted molar refractivity (Wildman–Crippen MR) is 157 cm³/mol. The van der Waals surface area contributed by atoms with Gasteiger partial charge in [0, 0.05) is 29.7 Å². The molecule has 37 heavy (non-hydrogen) atoms. The van der Waals surface area contributed by atoms with E-state index in [9.17, 15) is 0 Å². The van der Waals surface area contributed by atoms with Crippen molar-refractivity contribution in [3.63, 3.8) is 0 Å². The van der Waals surface area contributed by atoms with Gasteiger partial charge in [-0.3, -0.25) is 4.98 Å². The zero-order valence-corrected chi connectivity index (χ0v) is 23.3. The summed E-state index contributed by atoms with van der Waals surface area (Å²) in [5.74, 6) is 2.35. The highest BCUT2D eigenvalue weighted by Gasteiger charge is 2.24. The first-order chi connectivity index (χ1) is 18.3. The molecule has 0 bridgehead atoms. The Morgan fingerprint density at radius 3 is 2.11 bits per heavy atom. The summed E-state index contributed by atoms with van der Waals surface area (Å²) in [6.45, 7) is 4.57. The average Bonchev–Trinajstić information content (AvgIpc) is 2.96. The van der Waals surface area contributed by atoms with Crippen LogP contribution >= 0.6 is 0 Å². The maximum Gasteiger partial charge on any atom is 0.160 e. The number of pyridine rings is 1. The van der Waals surface area contributed by atoms with Crippen molar-refractivity contribution in [2.24, 2.45) is 5.92 Å². The lowest BCUT2D eigenvalue weighted by Crippen LogP contribution is -2.14. The molecule has 0 spiro atoms. The maximum atomic E-state index is 4.87. The Balaban J connectivity index is 1.34. The van der Waals surface area contributed by atoms with Crippen LogP contribution in [0.15, 0.2) is 55.0 Å². The molecule has 2 aromatic heterocycles. The molecule has 1 fully saturated rings. The quantitative estimate of drug-likeness (QED) is 0.208. The molecule has 1 aliphatic carbocycles. The molecule has 0 radical (unpaired) electrons. The fourth-order valence-electron chi connectivity index (χ4n) is 5.96. The fraction of sp³-hybridized carbons (Fsp3) is 0.559. The number of hydrogen-bond acceptors (Lipinski definition) is 3. The summed E-state index contributed by atoms with van der Waals surface area (Å²) >= 11 is 0. The van der Waals surface area contributed by atoms with E-state index < -0.39 is 0 Å². The number of unbranched alkanes of at least 4 members (excludes halogenated alkanes) is 7. The van der Waals surface area contributed by atoms with Crippen LogP contribution in [-0.4, -0.2) is 15.0 Å². The van der Waals surface area contributed by atoms with Crippen LogP contribution in [0.25, 0.3) is 22.6 Å². The fourth-order valence-corrected chi connectivity index (χ4v) is 5.96. The van der Waals surface area contributed by atoms with Crippen LogP contribution in [0.2, 0.25) is 0 Å². The van der Waals surface area contributed by atoms with Gasteiger partial charge in [-0.05, 0) is 73.6 Å². The third-order valence-corrected chi connectivity index (χ3v) is 8.29. The van der Waals surface area contributed by atoms with Crippen molar-refractivity contribution in [2.45, 2.75) is 116 Å². The molecule has 0 amide bonds. The van der Waals surface area contributed by atoms with Crippen LogP contribution in [0.4, 0.5) is 0 Å². The Morgan fingerprint density at radius 2 is 1.38 bits per heavy atom. The van der Waals surface area contributed by atoms with E-state index in [4.69, 9.17) is 4.98 Å². The number of hydrogen-bond donors (Lipinski definition) is 0. The average molecular weight is 498 g/mol. The number of aryl methyl sites for hydroxylation is 1. The van der Waals surface area contributed by atoms with Crippen molar-refractivity contribution in [1.29, 1.82) is 0 Å². The van der Waals surface area contributed by atoms with E-state index in [1.807, 2.05) is 18.6 Å². The van der Waals surface area contributed by atoms with Gasteiger partial charge >= 0.3 is 0 Å². The topological polar surface area (TPSA) is 38.7 Å². The molecule has 4 rings (SSSR count). The Labute approximate surface area is 225 Å². The minimum Gasteiger partial charge on any atom is -0.255 e. The molecule has 0 saturated heterocycles. The molecule has 3 aromatic rings. The van der Waals surface area contributed by atoms with E-state index in [2.05, 4.69) is 60.2 Å². The van der Waals surface area contributed by atoms with E-state index in [1.54, 1.807) is 0 Å². The van der Waals surface area contributed by atoms with E-state index >= 15 is 0 Å². The van der Waals surface area contributed by atoms with Gasteiger partial charge in [0.1, 0.15) is 0 Å². The summed E-state index contributed by atoms with van der Waals surface area (Å²) in [5, 5.41) is 0. The molecular weight excluding hydrogens is 450 g/mol. The van der Waals surface area contributed by atoms with Gasteiger partial charge in [-0.15, -0.1) is 0 Å². The van der Waals surface area contributed by atoms with Gasteiger partial charge in [0.25, 0.3) is 0 Å². The van der Waals surface area contributed by atoms with Crippen LogP contribution in [0.1, 0.15) is 121 Å². The summed E-state index contributed by atoms with van der Waals surface area (Å²) < 4.78 is 0. The first-order valence-corrected chi connectivity index (χ1v) is 15.1. The number of rotatable bonds is 14. The van der Waals surface area contributed by atoms with E-state index in [0.717, 1.165) is 29.4 Å². The zero-order valence-electron chi connectivity index (χ0n) is 23.3. The van der Waals surface area contributed by atoms with Crippen LogP contribution in [0, 0.1) is 5.92 Å². The Hall–Kier alpha value is -2.55. The number of aromatic nitrogens is 3. The van der Waals surface area contributed by atoms with Gasteiger partial charge in [-0.25, -0.2) is 9.97 Å². The molecule has 2 heterocycles. The second-order valence-electron chi connectivity index (χ2n) is 11.2. The molecule has 1 saturated carbocycles. The second kappa shape index (κ2) is 15.0. The van der Waals surface area contributed by atoms with E-state index in [1.165, 1.54) is 107 Å². The number of nitrogens with zero attached hydrogens (tertiary/aromatic N) is 3. The first kappa shape index (κ1) is 27.5. The molecule has 0 unspecified atom stereocenters. The normalized spacial score (nSPS) is 17.7. The minimum absolute atomic E-state index is 0.655. The predicted octanol–water partition coefficient (Wildman–Crippen LogP) is 9.96. The van der Waals surface area contributed by atoms with Gasteiger partial charge in [0.05, 0.1) is 5.69 Å². The molecule has 3 nitrogen and oxygen atoms in total. The van der Waals surface area contributed by atoms with Gasteiger partial charge < -0.3 is 0 Å². The lowest BCUT2D eigenvalue weighted by atomic mass is 9.75. The summed E-state index contributed by atoms with van der Waals surface area (Å²) in [5.41, 5.74) is 6.05. The zero-order chi connectivity index (χ0) is 25.7. The standard InChI is InChI=1S/C34H47N3/c1-3-5-7-8-9-11-15-28-24-36-34(37-25-28)30-22-23-33(35-26-30)32-17-13-12-16-31(32)29-20-18-27(19-21-29)14-10-6-4-2/h12-13,16-17,22-27,29H,3-11,14-15,18-21H2,1-2H3. The van der Waals surface area contributed by atoms with Crippen molar-refractivity contribution in [3.8, 4) is 22.6 Å². The Kier molecular flexibility index (Phi) is 11.1. The van der Waals surface area contributed by atoms with Crippen LogP contribution in [0.5, 0.6) is 0 Å². The first-order valence-electron chi connectivity index (χ1n) is 15.1. The summed E-state index contributed by atoms with van der Waals surface area (Å²) in [6, 6.07) is 13.2. The van der Waals surface area contributed by atoms with Gasteiger partial charge in [0.15, 0.2) is 5.82 Å². The van der Waals surface area contributed by atoms with Crippen molar-refractivity contribution < 1.29 is 0 Å². The van der Waals surface area contributed by atoms with Crippen molar-refractivity contribution in [3.05, 3.63) is 66.1 Å². The van der Waals surface area contributed by atoms with Crippen molar-refractivity contribution in [1.82, 2.24) is 15.0 Å². The van der Waals surface area contributed by atoms with Crippen molar-refractivity contribution in [2.75, 3.05) is 0 Å². The summed E-state index contributed by atoms with van der Waals surface area (Å²) in [7, 11) is 0. The number of benzene rings is 1. The molecule has 1 aromatic carbocycles. The Morgan fingerprint density at radius 1 is 0.676 bits per heavy atom. The summed E-state index contributed by atoms with van der Waals surface area (Å²) in [6.07, 6.45) is 25.8. The Bertz CT molecular complexity index is 1030. The van der Waals surface area contributed by atoms with Gasteiger partial charge in [-0.1, -0.05) is 95.9 Å². The maximum absolute atomic E-state index is 4.87. The highest BCUT2D eigenvalue weighted by molar-refractivity contribution is 5.67. The third-order valence-electron chi connectivity index (χ3n) is 8.29. The molecule has 0 atom stereocenters. The smallest absolute Gasteiger partial charge is 0.160 e. The van der Waals surface area contributed by atoms with Gasteiger partial charge in [0.2, 0.25) is 0 Å². The minimum atomic E-state index is 0.655. The molecule has 0 N–H and O–H groups in total. The molecule has 0 aliphatic heterocycles. The van der Waals surface area contributed by atoms with Crippen LogP contribution in [-0.2, 0) is 6.42 Å². The monoisotopic (exact) mass is 497 g/mol. The van der Waals surface area contributed by atoms with Gasteiger partial charge in [-0.2, -0.15) is 0 Å². The molecule has 1 aliphatic rings. The highest BCUT2D eigenvalue weighted by Crippen LogP contribution is 2.41. The molecule has 198 valence electrons. The third kappa shape index (κ3) is 8.22. The summed E-state index contributed by atoms with van der Waals surface area (Å²) in [4.78, 5) is 14.2. The van der Waals surface area contributed by atoms with Crippen molar-refractivity contribution >= 4 is 0 Å². The largest absolute Gasteiger partial charge is 0.255 e. The lowest BCUT2D eigenvalue weighted by Gasteiger charge is -2.30. The van der Waals surface area contributed by atoms with Crippen LogP contribution < -0.4 is 0 Å². The molecular formula is C34H47N3. The second-order valence-corrected chi connectivity index (χ2v) is 11.2. The highest BCUT2D eigenvalue weighted by atomic mass is 14.9. The SMILES string of the molecule is CCCCCCCCc1cnc(-c2ccc(-c3ccccc3C3CCC(CCCCC)CC3)nc2)nc1. The van der Waals surface area contributed by atoms with E-state index in [-0.39, 0.29) is 0 Å².